The molecule has 1 aromatic carbocycles. The monoisotopic (exact) mass is 412 g/mol. The molecule has 0 saturated carbocycles. The highest BCUT2D eigenvalue weighted by Crippen LogP contribution is 2.34. The van der Waals surface area contributed by atoms with Crippen LogP contribution in [-0.4, -0.2) is 24.6 Å². The molecular weight excluding hydrogens is 390 g/mol. The van der Waals surface area contributed by atoms with Crippen molar-refractivity contribution in [2.45, 2.75) is 53.2 Å². The number of aliphatic hydroxyl groups is 1. The molecule has 146 valence electrons. The first-order valence-corrected chi connectivity index (χ1v) is 9.48. The van der Waals surface area contributed by atoms with Crippen LogP contribution in [0.1, 0.15) is 53.4 Å². The minimum Gasteiger partial charge on any atom is -0.383 e. The van der Waals surface area contributed by atoms with Gasteiger partial charge in [0.15, 0.2) is 5.82 Å². The maximum absolute atomic E-state index is 14.7. The van der Waals surface area contributed by atoms with Crippen LogP contribution in [0.3, 0.4) is 0 Å². The van der Waals surface area contributed by atoms with E-state index in [4.69, 9.17) is 23.2 Å². The van der Waals surface area contributed by atoms with Gasteiger partial charge in [-0.2, -0.15) is 0 Å². The normalized spacial score (nSPS) is 11.7. The largest absolute Gasteiger partial charge is 0.383 e. The highest BCUT2D eigenvalue weighted by atomic mass is 35.5. The molecule has 0 aliphatic rings. The molecule has 0 amide bonds. The van der Waals surface area contributed by atoms with Gasteiger partial charge in [0.1, 0.15) is 16.9 Å². The molecule has 5 nitrogen and oxygen atoms in total. The van der Waals surface area contributed by atoms with Gasteiger partial charge >= 0.3 is 0 Å². The van der Waals surface area contributed by atoms with E-state index in [0.29, 0.717) is 22.6 Å². The summed E-state index contributed by atoms with van der Waals surface area (Å²) in [6.45, 7) is 11.1. The van der Waals surface area contributed by atoms with Crippen molar-refractivity contribution in [2.75, 3.05) is 0 Å². The Hall–Kier alpha value is -1.76. The molecule has 27 heavy (non-hydrogen) atoms. The number of aromatic nitrogens is 4. The minimum absolute atomic E-state index is 0.0226. The number of benzene rings is 1. The number of halogens is 3. The number of nitrogens with zero attached hydrogens (tertiary/aromatic N) is 4. The molecule has 2 heterocycles. The standard InChI is InChI=1S/C17H17Cl2FN4O.C2H6/c1-8(2)24-12-6-9(13-10(18)7-21-16(19)23-13)5-11(20)14(12)22-15(24)17(3,4)25;1-2/h5-8,25H,1-4H3;1-2H3. The molecule has 0 fully saturated rings. The SMILES string of the molecule is CC.CC(C)n1c(C(C)(C)O)nc2c(F)cc(-c3nc(Cl)ncc3Cl)cc21. The first-order valence-electron chi connectivity index (χ1n) is 8.72. The zero-order chi connectivity index (χ0) is 20.5. The van der Waals surface area contributed by atoms with E-state index in [2.05, 4.69) is 15.0 Å². The van der Waals surface area contributed by atoms with E-state index in [0.717, 1.165) is 0 Å². The Balaban J connectivity index is 0.00000126. The van der Waals surface area contributed by atoms with Crippen molar-refractivity contribution >= 4 is 34.2 Å². The summed E-state index contributed by atoms with van der Waals surface area (Å²) in [4.78, 5) is 12.2. The summed E-state index contributed by atoms with van der Waals surface area (Å²) >= 11 is 12.0. The van der Waals surface area contributed by atoms with Crippen molar-refractivity contribution in [2.24, 2.45) is 0 Å². The van der Waals surface area contributed by atoms with Crippen LogP contribution < -0.4 is 0 Å². The van der Waals surface area contributed by atoms with Crippen LogP contribution in [0.2, 0.25) is 10.3 Å². The second kappa shape index (κ2) is 8.09. The van der Waals surface area contributed by atoms with E-state index in [1.54, 1.807) is 24.5 Å². The van der Waals surface area contributed by atoms with Crippen LogP contribution in [0.5, 0.6) is 0 Å². The Bertz CT molecular complexity index is 964. The summed E-state index contributed by atoms with van der Waals surface area (Å²) in [6.07, 6.45) is 1.37. The van der Waals surface area contributed by atoms with Crippen molar-refractivity contribution in [3.8, 4) is 11.3 Å². The first-order chi connectivity index (χ1) is 12.6. The molecule has 3 aromatic rings. The summed E-state index contributed by atoms with van der Waals surface area (Å²) in [5, 5.41) is 10.7. The molecular formula is C19H23Cl2FN4O. The molecule has 0 atom stereocenters. The van der Waals surface area contributed by atoms with Gasteiger partial charge in [-0.1, -0.05) is 25.4 Å². The first kappa shape index (κ1) is 21.5. The van der Waals surface area contributed by atoms with Crippen molar-refractivity contribution < 1.29 is 9.50 Å². The zero-order valence-corrected chi connectivity index (χ0v) is 17.7. The summed E-state index contributed by atoms with van der Waals surface area (Å²) in [5.41, 5.74) is 0.317. The average Bonchev–Trinajstić information content (AvgIpc) is 2.99. The van der Waals surface area contributed by atoms with Crippen LogP contribution >= 0.6 is 23.2 Å². The van der Waals surface area contributed by atoms with Crippen molar-refractivity contribution in [1.82, 2.24) is 19.5 Å². The van der Waals surface area contributed by atoms with Gasteiger partial charge in [0.25, 0.3) is 0 Å². The maximum atomic E-state index is 14.7. The van der Waals surface area contributed by atoms with E-state index in [1.165, 1.54) is 12.3 Å². The lowest BCUT2D eigenvalue weighted by molar-refractivity contribution is 0.0641. The summed E-state index contributed by atoms with van der Waals surface area (Å²) in [7, 11) is 0. The van der Waals surface area contributed by atoms with Crippen LogP contribution in [0.25, 0.3) is 22.3 Å². The highest BCUT2D eigenvalue weighted by Gasteiger charge is 2.27. The van der Waals surface area contributed by atoms with E-state index in [-0.39, 0.29) is 21.9 Å². The molecule has 0 spiro atoms. The number of hydrogen-bond donors (Lipinski definition) is 1. The van der Waals surface area contributed by atoms with Crippen LogP contribution in [0, 0.1) is 5.82 Å². The number of imidazole rings is 1. The third-order valence-electron chi connectivity index (χ3n) is 3.80. The van der Waals surface area contributed by atoms with Gasteiger partial charge in [-0.3, -0.25) is 0 Å². The third kappa shape index (κ3) is 4.23. The topological polar surface area (TPSA) is 63.8 Å². The van der Waals surface area contributed by atoms with E-state index >= 15 is 0 Å². The molecule has 0 saturated heterocycles. The van der Waals surface area contributed by atoms with Gasteiger partial charge in [-0.15, -0.1) is 0 Å². The van der Waals surface area contributed by atoms with Crippen molar-refractivity contribution in [3.63, 3.8) is 0 Å². The summed E-state index contributed by atoms with van der Waals surface area (Å²) < 4.78 is 16.5. The molecule has 0 aliphatic carbocycles. The Morgan fingerprint density at radius 2 is 1.78 bits per heavy atom. The quantitative estimate of drug-likeness (QED) is 0.554. The summed E-state index contributed by atoms with van der Waals surface area (Å²) in [5.74, 6) is -0.136. The fraction of sp³-hybridized carbons (Fsp3) is 0.421. The Kier molecular flexibility index (Phi) is 6.45. The number of rotatable bonds is 3. The zero-order valence-electron chi connectivity index (χ0n) is 16.2. The fourth-order valence-corrected chi connectivity index (χ4v) is 3.13. The Morgan fingerprint density at radius 1 is 1.15 bits per heavy atom. The third-order valence-corrected chi connectivity index (χ3v) is 4.26. The highest BCUT2D eigenvalue weighted by molar-refractivity contribution is 6.33. The molecule has 0 unspecified atom stereocenters. The predicted molar refractivity (Wildman–Crippen MR) is 108 cm³/mol. The fourth-order valence-electron chi connectivity index (χ4n) is 2.79. The van der Waals surface area contributed by atoms with E-state index in [9.17, 15) is 9.50 Å². The molecule has 0 radical (unpaired) electrons. The van der Waals surface area contributed by atoms with E-state index in [1.807, 2.05) is 27.7 Å². The molecule has 0 aliphatic heterocycles. The smallest absolute Gasteiger partial charge is 0.222 e. The van der Waals surface area contributed by atoms with Gasteiger partial charge in [0, 0.05) is 11.6 Å². The number of fused-ring (bicyclic) bond motifs is 1. The lowest BCUT2D eigenvalue weighted by Crippen LogP contribution is -2.23. The maximum Gasteiger partial charge on any atom is 0.222 e. The second-order valence-electron chi connectivity index (χ2n) is 6.62. The van der Waals surface area contributed by atoms with Gasteiger partial charge in [0.2, 0.25) is 5.28 Å². The molecule has 1 N–H and O–H groups in total. The van der Waals surface area contributed by atoms with E-state index < -0.39 is 11.4 Å². The molecule has 2 aromatic heterocycles. The molecule has 8 heteroatoms. The van der Waals surface area contributed by atoms with Crippen molar-refractivity contribution in [3.05, 3.63) is 40.3 Å². The summed E-state index contributed by atoms with van der Waals surface area (Å²) in [6, 6.07) is 3.01. The lowest BCUT2D eigenvalue weighted by Gasteiger charge is -2.21. The van der Waals surface area contributed by atoms with Gasteiger partial charge in [-0.25, -0.2) is 19.3 Å². The Labute approximate surface area is 168 Å². The predicted octanol–water partition coefficient (Wildman–Crippen LogP) is 5.77. The molecule has 3 rings (SSSR count). The van der Waals surface area contributed by atoms with Crippen LogP contribution in [0.4, 0.5) is 4.39 Å². The van der Waals surface area contributed by atoms with Gasteiger partial charge < -0.3 is 9.67 Å². The Morgan fingerprint density at radius 3 is 2.33 bits per heavy atom. The minimum atomic E-state index is -1.22. The van der Waals surface area contributed by atoms with Gasteiger partial charge in [-0.05, 0) is 51.4 Å². The number of hydrogen-bond acceptors (Lipinski definition) is 4. The van der Waals surface area contributed by atoms with Crippen LogP contribution in [-0.2, 0) is 5.60 Å². The van der Waals surface area contributed by atoms with Crippen molar-refractivity contribution in [1.29, 1.82) is 0 Å². The average molecular weight is 413 g/mol. The second-order valence-corrected chi connectivity index (χ2v) is 7.36. The van der Waals surface area contributed by atoms with Gasteiger partial charge in [0.05, 0.1) is 22.4 Å². The molecule has 0 bridgehead atoms. The lowest BCUT2D eigenvalue weighted by atomic mass is 10.1. The van der Waals surface area contributed by atoms with Crippen LogP contribution in [0.15, 0.2) is 18.3 Å².